The smallest absolute Gasteiger partial charge is 0.303 e. The number of methoxy groups -OCH3 is 1. The van der Waals surface area contributed by atoms with Gasteiger partial charge in [-0.05, 0) is 62.4 Å². The second-order valence-corrected chi connectivity index (χ2v) is 10.3. The van der Waals surface area contributed by atoms with E-state index in [9.17, 15) is 28.2 Å². The highest BCUT2D eigenvalue weighted by atomic mass is 35.5. The van der Waals surface area contributed by atoms with Crippen LogP contribution in [-0.4, -0.2) is 59.4 Å². The third-order valence-corrected chi connectivity index (χ3v) is 7.72. The number of aliphatic hydroxyl groups excluding tert-OH is 1. The normalized spacial score (nSPS) is 16.3. The molecule has 0 saturated carbocycles. The Morgan fingerprint density at radius 1 is 1.21 bits per heavy atom. The van der Waals surface area contributed by atoms with Crippen LogP contribution in [0.5, 0.6) is 11.5 Å². The zero-order valence-electron chi connectivity index (χ0n) is 21.4. The van der Waals surface area contributed by atoms with Gasteiger partial charge in [-0.2, -0.15) is 4.39 Å². The van der Waals surface area contributed by atoms with Crippen molar-refractivity contribution >= 4 is 28.5 Å². The number of aromatic nitrogens is 1. The minimum Gasteiger partial charge on any atom is -0.497 e. The predicted octanol–water partition coefficient (Wildman–Crippen LogP) is 5.76. The number of aliphatic carboxylic acids is 1. The zero-order valence-corrected chi connectivity index (χ0v) is 22.2. The van der Waals surface area contributed by atoms with Crippen molar-refractivity contribution < 1.29 is 37.7 Å². The lowest BCUT2D eigenvalue weighted by atomic mass is 9.71. The van der Waals surface area contributed by atoms with Crippen LogP contribution in [0, 0.1) is 22.9 Å². The molecule has 3 aromatic rings. The van der Waals surface area contributed by atoms with E-state index in [0.29, 0.717) is 78.6 Å². The molecule has 1 aliphatic heterocycles. The molecule has 1 fully saturated rings. The Kier molecular flexibility index (Phi) is 9.19. The number of rotatable bonds is 11. The van der Waals surface area contributed by atoms with E-state index >= 15 is 0 Å². The zero-order chi connectivity index (χ0) is 28.2. The van der Waals surface area contributed by atoms with Crippen molar-refractivity contribution in [3.63, 3.8) is 0 Å². The number of carboxylic acids is 1. The summed E-state index contributed by atoms with van der Waals surface area (Å²) in [5, 5.41) is 21.8. The van der Waals surface area contributed by atoms with Gasteiger partial charge < -0.3 is 19.7 Å². The Balaban J connectivity index is 1.39. The quantitative estimate of drug-likeness (QED) is 0.285. The fourth-order valence-electron chi connectivity index (χ4n) is 5.23. The summed E-state index contributed by atoms with van der Waals surface area (Å²) in [5.74, 6) is -4.29. The van der Waals surface area contributed by atoms with Crippen LogP contribution >= 0.6 is 11.6 Å². The molecular weight excluding hydrogens is 537 g/mol. The summed E-state index contributed by atoms with van der Waals surface area (Å²) in [6, 6.07) is 6.57. The predicted molar refractivity (Wildman–Crippen MR) is 140 cm³/mol. The molecule has 0 bridgehead atoms. The lowest BCUT2D eigenvalue weighted by Gasteiger charge is -2.41. The van der Waals surface area contributed by atoms with Crippen molar-refractivity contribution in [2.24, 2.45) is 5.41 Å². The Morgan fingerprint density at radius 2 is 1.95 bits per heavy atom. The summed E-state index contributed by atoms with van der Waals surface area (Å²) in [6.07, 6.45) is 2.40. The molecule has 2 N–H and O–H groups in total. The van der Waals surface area contributed by atoms with E-state index in [0.717, 1.165) is 6.07 Å². The van der Waals surface area contributed by atoms with E-state index in [1.165, 1.54) is 6.20 Å². The average Bonchev–Trinajstić information content (AvgIpc) is 2.90. The van der Waals surface area contributed by atoms with Crippen LogP contribution in [0.25, 0.3) is 10.9 Å². The van der Waals surface area contributed by atoms with E-state index in [2.05, 4.69) is 4.98 Å². The van der Waals surface area contributed by atoms with E-state index in [1.54, 1.807) is 25.3 Å². The first-order valence-corrected chi connectivity index (χ1v) is 13.0. The molecule has 2 heterocycles. The Morgan fingerprint density at radius 3 is 2.64 bits per heavy atom. The fourth-order valence-corrected chi connectivity index (χ4v) is 5.51. The molecule has 210 valence electrons. The number of piperidine rings is 1. The number of nitrogens with zero attached hydrogens (tertiary/aromatic N) is 2. The van der Waals surface area contributed by atoms with E-state index in [1.807, 2.05) is 4.90 Å². The Labute approximate surface area is 229 Å². The number of hydrogen-bond donors (Lipinski definition) is 2. The summed E-state index contributed by atoms with van der Waals surface area (Å²) >= 11 is 6.43. The molecule has 2 aromatic carbocycles. The molecule has 0 amide bonds. The summed E-state index contributed by atoms with van der Waals surface area (Å²) in [6.45, 7) is 1.51. The van der Waals surface area contributed by atoms with Gasteiger partial charge in [-0.25, -0.2) is 8.78 Å². The van der Waals surface area contributed by atoms with Crippen LogP contribution in [0.3, 0.4) is 0 Å². The molecule has 1 aromatic heterocycles. The lowest BCUT2D eigenvalue weighted by Crippen LogP contribution is -2.42. The highest BCUT2D eigenvalue weighted by Gasteiger charge is 2.37. The monoisotopic (exact) mass is 566 g/mol. The maximum absolute atomic E-state index is 13.8. The summed E-state index contributed by atoms with van der Waals surface area (Å²) < 4.78 is 51.2. The second kappa shape index (κ2) is 12.4. The summed E-state index contributed by atoms with van der Waals surface area (Å²) in [5.41, 5.74) is 0.655. The van der Waals surface area contributed by atoms with Gasteiger partial charge in [0.15, 0.2) is 11.6 Å². The molecule has 0 unspecified atom stereocenters. The lowest BCUT2D eigenvalue weighted by molar-refractivity contribution is -0.141. The minimum atomic E-state index is -1.32. The van der Waals surface area contributed by atoms with Gasteiger partial charge in [0.05, 0.1) is 30.2 Å². The average molecular weight is 567 g/mol. The highest BCUT2D eigenvalue weighted by molar-refractivity contribution is 6.32. The molecule has 0 spiro atoms. The number of hydrogen-bond acceptors (Lipinski definition) is 6. The van der Waals surface area contributed by atoms with Crippen molar-refractivity contribution in [1.82, 2.24) is 9.88 Å². The van der Waals surface area contributed by atoms with Gasteiger partial charge >= 0.3 is 5.97 Å². The molecule has 0 aliphatic carbocycles. The number of carbonyl (C=O) groups is 1. The number of likely N-dealkylation sites (tertiary alicyclic amines) is 1. The first-order chi connectivity index (χ1) is 18.6. The van der Waals surface area contributed by atoms with Gasteiger partial charge in [0.25, 0.3) is 0 Å². The third kappa shape index (κ3) is 6.93. The van der Waals surface area contributed by atoms with Crippen LogP contribution in [-0.2, 0) is 4.79 Å². The van der Waals surface area contributed by atoms with Crippen molar-refractivity contribution in [2.45, 2.75) is 38.2 Å². The molecule has 0 radical (unpaired) electrons. The topological polar surface area (TPSA) is 92.1 Å². The highest BCUT2D eigenvalue weighted by Crippen LogP contribution is 2.43. The van der Waals surface area contributed by atoms with Crippen LogP contribution < -0.4 is 9.47 Å². The summed E-state index contributed by atoms with van der Waals surface area (Å²) in [4.78, 5) is 18.1. The van der Waals surface area contributed by atoms with Crippen LogP contribution in [0.15, 0.2) is 36.5 Å². The van der Waals surface area contributed by atoms with Crippen molar-refractivity contribution in [3.8, 4) is 11.5 Å². The molecule has 39 heavy (non-hydrogen) atoms. The van der Waals surface area contributed by atoms with Gasteiger partial charge in [0, 0.05) is 35.8 Å². The van der Waals surface area contributed by atoms with Crippen LogP contribution in [0.1, 0.15) is 43.8 Å². The van der Waals surface area contributed by atoms with E-state index in [-0.39, 0.29) is 13.0 Å². The van der Waals surface area contributed by atoms with Gasteiger partial charge in [-0.15, -0.1) is 0 Å². The maximum atomic E-state index is 13.8. The second-order valence-electron chi connectivity index (χ2n) is 9.92. The number of ether oxygens (including phenoxy) is 2. The SMILES string of the molecule is COc1ccc2ncc(Cl)c([C@H](O)CCC3(CC(=O)O)CCN(CCOc4cc(F)cc(F)c4F)CC3)c2c1. The molecular formula is C28H30ClF3N2O5. The molecule has 1 aliphatic rings. The molecule has 11 heteroatoms. The van der Waals surface area contributed by atoms with Crippen LogP contribution in [0.4, 0.5) is 13.2 Å². The van der Waals surface area contributed by atoms with Crippen molar-refractivity contribution in [2.75, 3.05) is 33.4 Å². The number of halogens is 4. The standard InChI is InChI=1S/C28H30ClF3N2O5/c1-38-18-2-3-22-19(14-18)26(20(29)16-33-22)23(35)4-5-28(15-25(36)37)6-8-34(9-7-28)10-11-39-24-13-17(30)12-21(31)27(24)32/h2-3,12-14,16,23,35H,4-11,15H2,1H3,(H,36,37)/t23-/m1/s1. The van der Waals surface area contributed by atoms with Gasteiger partial charge in [0.2, 0.25) is 5.82 Å². The number of pyridine rings is 1. The van der Waals surface area contributed by atoms with Gasteiger partial charge in [0.1, 0.15) is 18.2 Å². The first kappa shape index (κ1) is 28.9. The van der Waals surface area contributed by atoms with Crippen molar-refractivity contribution in [3.05, 3.63) is 64.6 Å². The third-order valence-electron chi connectivity index (χ3n) is 7.42. The van der Waals surface area contributed by atoms with Crippen molar-refractivity contribution in [1.29, 1.82) is 0 Å². The number of fused-ring (bicyclic) bond motifs is 1. The molecule has 7 nitrogen and oxygen atoms in total. The van der Waals surface area contributed by atoms with E-state index in [4.69, 9.17) is 21.1 Å². The molecule has 4 rings (SSSR count). The Hall–Kier alpha value is -3.08. The molecule has 1 atom stereocenters. The maximum Gasteiger partial charge on any atom is 0.303 e. The summed E-state index contributed by atoms with van der Waals surface area (Å²) in [7, 11) is 1.54. The Bertz CT molecular complexity index is 1330. The largest absolute Gasteiger partial charge is 0.497 e. The van der Waals surface area contributed by atoms with Gasteiger partial charge in [-0.1, -0.05) is 11.6 Å². The number of aliphatic hydroxyl groups is 1. The van der Waals surface area contributed by atoms with Crippen LogP contribution in [0.2, 0.25) is 5.02 Å². The number of benzene rings is 2. The van der Waals surface area contributed by atoms with Gasteiger partial charge in [-0.3, -0.25) is 14.7 Å². The molecule has 1 saturated heterocycles. The van der Waals surface area contributed by atoms with E-state index < -0.39 is 40.7 Å². The fraction of sp³-hybridized carbons (Fsp3) is 0.429. The first-order valence-electron chi connectivity index (χ1n) is 12.6. The minimum absolute atomic E-state index is 0.0154. The number of carboxylic acid groups (broad SMARTS) is 1.